The first-order chi connectivity index (χ1) is 68.7. The van der Waals surface area contributed by atoms with E-state index in [0.29, 0.717) is 36.8 Å². The maximum absolute atomic E-state index is 12.1. The molecule has 2 aliphatic rings. The molecule has 0 spiro atoms. The zero-order valence-electron chi connectivity index (χ0n) is 86.8. The van der Waals surface area contributed by atoms with E-state index >= 15 is 0 Å². The minimum absolute atomic E-state index is 0.00463. The van der Waals surface area contributed by atoms with Gasteiger partial charge in [0.1, 0.15) is 93.3 Å². The number of hydrogen-bond acceptors (Lipinski definition) is 35. The maximum atomic E-state index is 12.1. The van der Waals surface area contributed by atoms with Crippen LogP contribution in [0, 0.1) is 57.5 Å². The Hall–Kier alpha value is -13.9. The summed E-state index contributed by atoms with van der Waals surface area (Å²) in [6.45, 7) is 35.2. The lowest BCUT2D eigenvalue weighted by molar-refractivity contribution is -0.384. The minimum Gasteiger partial charge on any atom is -0.497 e. The van der Waals surface area contributed by atoms with Crippen molar-refractivity contribution in [2.24, 2.45) is 47.3 Å². The second-order valence-corrected chi connectivity index (χ2v) is 37.6. The van der Waals surface area contributed by atoms with Gasteiger partial charge in [-0.1, -0.05) is 202 Å². The smallest absolute Gasteiger partial charge is 0.415 e. The van der Waals surface area contributed by atoms with E-state index in [1.54, 1.807) is 212 Å². The number of carboxylic acids is 1. The van der Waals surface area contributed by atoms with Gasteiger partial charge in [0.25, 0.3) is 5.69 Å². The molecule has 2 saturated heterocycles. The molecule has 9 rings (SSSR count). The molecule has 0 unspecified atom stereocenters. The first kappa shape index (κ1) is 128. The van der Waals surface area contributed by atoms with Gasteiger partial charge in [0.15, 0.2) is 21.7 Å². The van der Waals surface area contributed by atoms with Gasteiger partial charge in [-0.05, 0) is 126 Å². The third-order valence-corrected chi connectivity index (χ3v) is 21.6. The summed E-state index contributed by atoms with van der Waals surface area (Å²) in [7, 11) is 1.69. The van der Waals surface area contributed by atoms with Crippen LogP contribution >= 0.6 is 0 Å². The van der Waals surface area contributed by atoms with Gasteiger partial charge < -0.3 is 102 Å². The molecule has 39 nitrogen and oxygen atoms in total. The molecule has 2 fully saturated rings. The number of nitro benzene ring substituents is 1. The third kappa shape index (κ3) is 53.6. The zero-order chi connectivity index (χ0) is 110. The number of carbonyl (C=O) groups excluding carboxylic acids is 13. The fourth-order valence-electron chi connectivity index (χ4n) is 11.0. The lowest BCUT2D eigenvalue weighted by Gasteiger charge is -2.38. The predicted octanol–water partition coefficient (Wildman–Crippen LogP) is 13.2. The molecular formula is C106H142N4O35S. The van der Waals surface area contributed by atoms with E-state index in [0.717, 1.165) is 52.2 Å². The first-order valence-corrected chi connectivity index (χ1v) is 48.8. The normalized spacial score (nSPS) is 14.4. The van der Waals surface area contributed by atoms with Gasteiger partial charge in [0.05, 0.1) is 83.7 Å². The summed E-state index contributed by atoms with van der Waals surface area (Å²) in [5.74, 6) is -3.65. The number of nitrogens with one attached hydrogen (secondary N) is 1. The molecule has 40 heteroatoms. The number of carboxylic acid groups (broad SMARTS) is 1. The Morgan fingerprint density at radius 1 is 0.425 bits per heavy atom. The van der Waals surface area contributed by atoms with Crippen molar-refractivity contribution in [1.82, 2.24) is 15.1 Å². The topological polar surface area (TPSA) is 536 Å². The van der Waals surface area contributed by atoms with Gasteiger partial charge >= 0.3 is 65.8 Å². The number of ketones is 2. The van der Waals surface area contributed by atoms with Crippen molar-refractivity contribution < 1.29 is 162 Å². The first-order valence-electron chi connectivity index (χ1n) is 47.1. The fourth-order valence-corrected chi connectivity index (χ4v) is 12.1. The number of ether oxygens (including phenoxy) is 13. The van der Waals surface area contributed by atoms with Crippen LogP contribution in [0.3, 0.4) is 0 Å². The number of Topliss-reactive ketones (excluding diaryl/α,β-unsaturated/α-hetero) is 2. The molecule has 5 atom stereocenters. The number of methoxy groups -OCH3 is 2. The van der Waals surface area contributed by atoms with Crippen LogP contribution in [0.5, 0.6) is 23.0 Å². The van der Waals surface area contributed by atoms with Crippen molar-refractivity contribution in [2.75, 3.05) is 66.4 Å². The molecular weight excluding hydrogens is 1920 g/mol. The van der Waals surface area contributed by atoms with Crippen LogP contribution in [0.15, 0.2) is 181 Å². The molecule has 146 heavy (non-hydrogen) atoms. The summed E-state index contributed by atoms with van der Waals surface area (Å²) >= 11 is 0. The largest absolute Gasteiger partial charge is 0.497 e. The molecule has 7 aromatic rings. The van der Waals surface area contributed by atoms with Crippen molar-refractivity contribution >= 4 is 98.8 Å². The molecule has 0 saturated carbocycles. The average Bonchev–Trinajstić information content (AvgIpc) is 0.799. The van der Waals surface area contributed by atoms with E-state index in [1.165, 1.54) is 57.4 Å². The quantitative estimate of drug-likeness (QED) is 0.00789. The number of non-ortho nitro benzene ring substituents is 1. The van der Waals surface area contributed by atoms with E-state index in [2.05, 4.69) is 15.0 Å². The van der Waals surface area contributed by atoms with Crippen LogP contribution in [0.25, 0.3) is 0 Å². The Kier molecular flexibility index (Phi) is 60.0. The van der Waals surface area contributed by atoms with Crippen molar-refractivity contribution in [3.8, 4) is 23.0 Å². The van der Waals surface area contributed by atoms with Crippen molar-refractivity contribution in [3.63, 3.8) is 0 Å². The molecule has 0 radical (unpaired) electrons. The minimum atomic E-state index is -3.36. The number of hydrogen-bond donors (Lipinski definition) is 5. The van der Waals surface area contributed by atoms with Crippen molar-refractivity contribution in [3.05, 3.63) is 225 Å². The Bertz CT molecular complexity index is 5320. The van der Waals surface area contributed by atoms with Crippen molar-refractivity contribution in [2.45, 2.75) is 219 Å². The summed E-state index contributed by atoms with van der Waals surface area (Å²) < 4.78 is 89.0. The molecule has 2 heterocycles. The summed E-state index contributed by atoms with van der Waals surface area (Å²) in [6.07, 6.45) is -8.17. The lowest BCUT2D eigenvalue weighted by atomic mass is 9.99. The van der Waals surface area contributed by atoms with Gasteiger partial charge in [0.2, 0.25) is 12.2 Å². The highest BCUT2D eigenvalue weighted by Gasteiger charge is 2.48. The van der Waals surface area contributed by atoms with E-state index in [4.69, 9.17) is 61.9 Å². The molecule has 2 amide bonds. The highest BCUT2D eigenvalue weighted by molar-refractivity contribution is 7.91. The molecule has 0 aromatic heterocycles. The Labute approximate surface area is 852 Å². The summed E-state index contributed by atoms with van der Waals surface area (Å²) in [4.78, 5) is 171. The molecule has 802 valence electrons. The number of carbonyl (C=O) groups is 14. The van der Waals surface area contributed by atoms with Crippen molar-refractivity contribution in [1.29, 1.82) is 0 Å². The number of nitrogens with zero attached hydrogens (tertiary/aromatic N) is 3. The lowest BCUT2D eigenvalue weighted by Crippen LogP contribution is -2.61. The number of aliphatic carboxylic acids is 1. The predicted molar refractivity (Wildman–Crippen MR) is 534 cm³/mol. The number of benzene rings is 7. The molecule has 2 aliphatic heterocycles. The summed E-state index contributed by atoms with van der Waals surface area (Å²) in [5, 5.41) is 51.2. The van der Waals surface area contributed by atoms with E-state index < -0.39 is 51.4 Å². The second kappa shape index (κ2) is 68.4. The Morgan fingerprint density at radius 2 is 0.760 bits per heavy atom. The van der Waals surface area contributed by atoms with Crippen LogP contribution < -0.4 is 24.3 Å². The summed E-state index contributed by atoms with van der Waals surface area (Å²) in [6, 6.07) is 48.9. The van der Waals surface area contributed by atoms with Gasteiger partial charge in [-0.25, -0.2) is 18.0 Å². The highest BCUT2D eigenvalue weighted by atomic mass is 32.2. The number of piperazine rings is 1. The second-order valence-electron chi connectivity index (χ2n) is 35.5. The van der Waals surface area contributed by atoms with Gasteiger partial charge in [-0.15, -0.1) is 0 Å². The number of nitro groups is 1. The monoisotopic (exact) mass is 2060 g/mol. The van der Waals surface area contributed by atoms with Gasteiger partial charge in [0, 0.05) is 64.5 Å². The SMILES string of the molecule is CC(=O)CCC(=O)NCC(=O)Cc1ccc(COC(=O)C(C)C)cc1.CC(=O)Oc1ccc(COC(=O)C(C)C)cc1.CC(C)C(=O)OCCS(=O)(=O)c1ccccc1.CC(C)C(=O)OCc1ccc(OC(=O)N2CCN(C)CC2)cc1.CC(C)C(=O)OCc1ccc(O[C@@H]2O[C@H](C(=O)O)[C@@H](O)[C@H](O)[C@H]2O)cc1.CC(C)C(=O)OCc1ccc([N+](=O)[O-])cc1.COC(=O)C(C)C.COc1ccc(COC(=O)C(C)C)cc1. The van der Waals surface area contributed by atoms with E-state index in [9.17, 15) is 101 Å². The van der Waals surface area contributed by atoms with Crippen LogP contribution in [-0.4, -0.2) is 224 Å². The average molecular weight is 2060 g/mol. The third-order valence-electron chi connectivity index (χ3n) is 19.9. The standard InChI is InChI=1S/C19H25NO5.C17H24N2O4.C17H22O9.C13H16O4.C12H16O4S.C12H16O3.C11H13NO4.C5H10O2/c1-13(2)19(24)25-12-16-7-5-15(6-8-16)10-17(22)11-20-18(23)9-4-14(3)21;1-13(2)16(20)22-12-14-4-6-15(7-5-14)23-17(21)19-10-8-18(3)9-11-19;1-8(2)16(23)24-7-9-3-5-10(6-4-9)25-17-13(20)11(18)12(19)14(26-17)15(21)22;1-9(2)13(15)16-8-11-4-6-12(7-5-11)17-10(3)14;1-10(2)12(13)16-8-9-17(14,15)11-6-4-3-5-7-11;1-9(2)12(13)15-8-10-4-6-11(14-3)7-5-10;1-8(2)11(13)16-7-9-3-5-10(6-4-9)12(14)15;1-4(2)5(6)7-3/h5-8,13H,4,9-12H2,1-3H3,(H,20,23);4-7,13H,8-12H2,1-3H3;3-6,8,11-14,17-20H,7H2,1-2H3,(H,21,22);4-7,9H,8H2,1-3H3;3-7,10H,8-9H2,1-2H3;4-7,9H,8H2,1-3H3;3-6,8H,7H2,1-2H3;4H,1-3H3/t;;11-,12-,13+,14-,17+;;;;;/m..0...../s1. The number of rotatable bonds is 38. The molecule has 0 bridgehead atoms. The Balaban J connectivity index is 0.000000574. The Morgan fingerprint density at radius 3 is 1.09 bits per heavy atom. The van der Waals surface area contributed by atoms with Crippen LogP contribution in [0.1, 0.15) is 176 Å². The van der Waals surface area contributed by atoms with Gasteiger partial charge in [-0.3, -0.25) is 62.9 Å². The van der Waals surface area contributed by atoms with Gasteiger partial charge in [-0.2, -0.15) is 0 Å². The zero-order valence-corrected chi connectivity index (χ0v) is 87.6. The number of esters is 9. The number of aliphatic hydroxyl groups is 3. The number of likely N-dealkylation sites (N-methyl/N-ethyl adjacent to an activating group) is 1. The van der Waals surface area contributed by atoms with Crippen LogP contribution in [0.2, 0.25) is 0 Å². The number of sulfone groups is 1. The highest BCUT2D eigenvalue weighted by Crippen LogP contribution is 2.27. The number of amides is 2. The molecule has 0 aliphatic carbocycles. The summed E-state index contributed by atoms with van der Waals surface area (Å²) in [5.41, 5.74) is 5.82. The maximum Gasteiger partial charge on any atom is 0.415 e. The number of aliphatic hydroxyl groups excluding tert-OH is 3. The van der Waals surface area contributed by atoms with E-state index in [-0.39, 0.29) is 212 Å². The van der Waals surface area contributed by atoms with E-state index in [1.807, 2.05) is 57.3 Å². The van der Waals surface area contributed by atoms with Crippen LogP contribution in [-0.2, 0) is 161 Å². The van der Waals surface area contributed by atoms with Crippen LogP contribution in [0.4, 0.5) is 10.5 Å². The molecule has 5 N–H and O–H groups in total. The molecule has 7 aromatic carbocycles. The fraction of sp³-hybridized carbons (Fsp3) is 0.472.